The zero-order chi connectivity index (χ0) is 22.3. The van der Waals surface area contributed by atoms with Crippen LogP contribution in [0, 0.1) is 5.82 Å². The van der Waals surface area contributed by atoms with E-state index in [1.807, 2.05) is 13.0 Å². The number of benzene rings is 2. The van der Waals surface area contributed by atoms with Gasteiger partial charge in [0.2, 0.25) is 5.91 Å². The van der Waals surface area contributed by atoms with Crippen molar-refractivity contribution in [1.29, 1.82) is 0 Å². The van der Waals surface area contributed by atoms with Crippen molar-refractivity contribution in [3.8, 4) is 0 Å². The topological polar surface area (TPSA) is 69.2 Å². The van der Waals surface area contributed by atoms with E-state index in [2.05, 4.69) is 49.7 Å². The first-order valence-corrected chi connectivity index (χ1v) is 11.1. The number of amides is 1. The average molecular weight is 440 g/mol. The predicted octanol–water partition coefficient (Wildman–Crippen LogP) is 2.31. The minimum atomic E-state index is -0.389. The number of fused-ring (bicyclic) bond motifs is 1. The standard InChI is InChI=1S/C24H30FN5O2/c1-2-26-24(27-14-23(31)28-20-10-6-9-19(25)13-20)30-16-21-22(17-30)32-12-11-29(21)15-18-7-4-3-5-8-18/h3-10,13,21-22H,2,11-12,14-17H2,1H3,(H,26,27)(H,28,31). The molecule has 0 saturated carbocycles. The Kier molecular flexibility index (Phi) is 7.34. The second-order valence-electron chi connectivity index (χ2n) is 8.07. The lowest BCUT2D eigenvalue weighted by Gasteiger charge is -2.36. The molecule has 2 aromatic rings. The molecular formula is C24H30FN5O2. The lowest BCUT2D eigenvalue weighted by Crippen LogP contribution is -2.50. The predicted molar refractivity (Wildman–Crippen MR) is 123 cm³/mol. The van der Waals surface area contributed by atoms with Crippen LogP contribution in [0.3, 0.4) is 0 Å². The summed E-state index contributed by atoms with van der Waals surface area (Å²) in [6, 6.07) is 16.6. The SMILES string of the molecule is CCNC(=NCC(=O)Nc1cccc(F)c1)N1CC2OCCN(Cc3ccccc3)C2C1. The summed E-state index contributed by atoms with van der Waals surface area (Å²) in [6.45, 7) is 6.68. The number of hydrogen-bond donors (Lipinski definition) is 2. The molecule has 0 spiro atoms. The summed E-state index contributed by atoms with van der Waals surface area (Å²) in [7, 11) is 0. The molecule has 2 heterocycles. The molecule has 2 N–H and O–H groups in total. The van der Waals surface area contributed by atoms with Crippen LogP contribution in [-0.4, -0.2) is 73.1 Å². The fourth-order valence-corrected chi connectivity index (χ4v) is 4.28. The number of carbonyl (C=O) groups excluding carboxylic acids is 1. The van der Waals surface area contributed by atoms with Crippen molar-refractivity contribution in [3.63, 3.8) is 0 Å². The Labute approximate surface area is 188 Å². The molecule has 7 nitrogen and oxygen atoms in total. The average Bonchev–Trinajstić information content (AvgIpc) is 3.23. The molecule has 2 fully saturated rings. The summed E-state index contributed by atoms with van der Waals surface area (Å²) in [4.78, 5) is 21.5. The van der Waals surface area contributed by atoms with Crippen LogP contribution in [0.4, 0.5) is 10.1 Å². The quantitative estimate of drug-likeness (QED) is 0.534. The Morgan fingerprint density at radius 2 is 2.03 bits per heavy atom. The molecule has 2 aliphatic rings. The van der Waals surface area contributed by atoms with E-state index in [1.165, 1.54) is 17.7 Å². The van der Waals surface area contributed by atoms with Gasteiger partial charge >= 0.3 is 0 Å². The minimum Gasteiger partial charge on any atom is -0.373 e. The maximum atomic E-state index is 13.3. The summed E-state index contributed by atoms with van der Waals surface area (Å²) in [5.74, 6) is 0.0171. The van der Waals surface area contributed by atoms with Crippen LogP contribution in [0.1, 0.15) is 12.5 Å². The first-order valence-electron chi connectivity index (χ1n) is 11.1. The third-order valence-corrected chi connectivity index (χ3v) is 5.76. The molecule has 2 saturated heterocycles. The molecule has 2 unspecified atom stereocenters. The molecule has 2 atom stereocenters. The molecule has 0 aliphatic carbocycles. The first kappa shape index (κ1) is 22.2. The summed E-state index contributed by atoms with van der Waals surface area (Å²) < 4.78 is 19.4. The Hall–Kier alpha value is -2.97. The number of ether oxygens (including phenoxy) is 1. The van der Waals surface area contributed by atoms with Gasteiger partial charge in [-0.25, -0.2) is 9.38 Å². The van der Waals surface area contributed by atoms with Gasteiger partial charge in [0.15, 0.2) is 5.96 Å². The normalized spacial score (nSPS) is 21.3. The molecule has 4 rings (SSSR count). The zero-order valence-corrected chi connectivity index (χ0v) is 18.3. The highest BCUT2D eigenvalue weighted by atomic mass is 19.1. The van der Waals surface area contributed by atoms with Crippen LogP contribution in [0.15, 0.2) is 59.6 Å². The molecule has 0 aromatic heterocycles. The highest BCUT2D eigenvalue weighted by molar-refractivity contribution is 5.94. The molecular weight excluding hydrogens is 409 g/mol. The lowest BCUT2D eigenvalue weighted by atomic mass is 10.1. The van der Waals surface area contributed by atoms with Crippen molar-refractivity contribution in [2.24, 2.45) is 4.99 Å². The number of likely N-dealkylation sites (tertiary alicyclic amines) is 1. The number of hydrogen-bond acceptors (Lipinski definition) is 4. The van der Waals surface area contributed by atoms with Gasteiger partial charge in [-0.1, -0.05) is 36.4 Å². The van der Waals surface area contributed by atoms with Gasteiger partial charge < -0.3 is 20.3 Å². The van der Waals surface area contributed by atoms with Crippen LogP contribution < -0.4 is 10.6 Å². The van der Waals surface area contributed by atoms with Crippen molar-refractivity contribution in [2.75, 3.05) is 44.6 Å². The van der Waals surface area contributed by atoms with Gasteiger partial charge in [0, 0.05) is 38.4 Å². The van der Waals surface area contributed by atoms with Crippen molar-refractivity contribution in [1.82, 2.24) is 15.1 Å². The number of nitrogens with one attached hydrogen (secondary N) is 2. The summed E-state index contributed by atoms with van der Waals surface area (Å²) in [6.07, 6.45) is 0.109. The van der Waals surface area contributed by atoms with Crippen LogP contribution >= 0.6 is 0 Å². The van der Waals surface area contributed by atoms with E-state index in [0.717, 1.165) is 26.2 Å². The molecule has 32 heavy (non-hydrogen) atoms. The molecule has 2 aromatic carbocycles. The number of carbonyl (C=O) groups is 1. The van der Waals surface area contributed by atoms with Crippen molar-refractivity contribution >= 4 is 17.6 Å². The van der Waals surface area contributed by atoms with E-state index >= 15 is 0 Å². The van der Waals surface area contributed by atoms with Gasteiger partial charge in [0.1, 0.15) is 12.4 Å². The summed E-state index contributed by atoms with van der Waals surface area (Å²) in [5.41, 5.74) is 1.72. The third-order valence-electron chi connectivity index (χ3n) is 5.76. The van der Waals surface area contributed by atoms with E-state index in [1.54, 1.807) is 12.1 Å². The monoisotopic (exact) mass is 439 g/mol. The van der Waals surface area contributed by atoms with Gasteiger partial charge in [-0.05, 0) is 30.7 Å². The van der Waals surface area contributed by atoms with E-state index in [0.29, 0.717) is 24.8 Å². The molecule has 8 heteroatoms. The zero-order valence-electron chi connectivity index (χ0n) is 18.3. The molecule has 0 bridgehead atoms. The van der Waals surface area contributed by atoms with Crippen molar-refractivity contribution < 1.29 is 13.9 Å². The molecule has 2 aliphatic heterocycles. The van der Waals surface area contributed by atoms with Crippen molar-refractivity contribution in [3.05, 3.63) is 66.0 Å². The Morgan fingerprint density at radius 1 is 1.19 bits per heavy atom. The van der Waals surface area contributed by atoms with Gasteiger partial charge in [0.25, 0.3) is 0 Å². The van der Waals surface area contributed by atoms with Crippen LogP contribution in [-0.2, 0) is 16.1 Å². The van der Waals surface area contributed by atoms with Crippen LogP contribution in [0.5, 0.6) is 0 Å². The molecule has 1 amide bonds. The van der Waals surface area contributed by atoms with Gasteiger partial charge in [-0.2, -0.15) is 0 Å². The van der Waals surface area contributed by atoms with E-state index in [-0.39, 0.29) is 30.4 Å². The van der Waals surface area contributed by atoms with E-state index < -0.39 is 0 Å². The number of rotatable bonds is 6. The lowest BCUT2D eigenvalue weighted by molar-refractivity contribution is -0.114. The number of anilines is 1. The summed E-state index contributed by atoms with van der Waals surface area (Å²) >= 11 is 0. The third kappa shape index (κ3) is 5.63. The molecule has 0 radical (unpaired) electrons. The minimum absolute atomic E-state index is 0.0424. The Bertz CT molecular complexity index is 939. The molecule has 170 valence electrons. The largest absolute Gasteiger partial charge is 0.373 e. The van der Waals surface area contributed by atoms with Crippen LogP contribution in [0.25, 0.3) is 0 Å². The Morgan fingerprint density at radius 3 is 2.81 bits per heavy atom. The first-order chi connectivity index (χ1) is 15.6. The van der Waals surface area contributed by atoms with Crippen LogP contribution in [0.2, 0.25) is 0 Å². The number of morpholine rings is 1. The van der Waals surface area contributed by atoms with Gasteiger partial charge in [-0.15, -0.1) is 0 Å². The van der Waals surface area contributed by atoms with Gasteiger partial charge in [0.05, 0.1) is 18.8 Å². The highest BCUT2D eigenvalue weighted by Crippen LogP contribution is 2.24. The second kappa shape index (κ2) is 10.6. The van der Waals surface area contributed by atoms with Gasteiger partial charge in [-0.3, -0.25) is 9.69 Å². The second-order valence-corrected chi connectivity index (χ2v) is 8.07. The number of aliphatic imine (C=N–C) groups is 1. The number of halogens is 1. The smallest absolute Gasteiger partial charge is 0.246 e. The fourth-order valence-electron chi connectivity index (χ4n) is 4.28. The summed E-state index contributed by atoms with van der Waals surface area (Å²) in [5, 5.41) is 5.98. The van der Waals surface area contributed by atoms with E-state index in [9.17, 15) is 9.18 Å². The highest BCUT2D eigenvalue weighted by Gasteiger charge is 2.41. The Balaban J connectivity index is 1.39. The van der Waals surface area contributed by atoms with E-state index in [4.69, 9.17) is 4.74 Å². The maximum Gasteiger partial charge on any atom is 0.246 e. The maximum absolute atomic E-state index is 13.3. The fraction of sp³-hybridized carbons (Fsp3) is 0.417. The number of guanidine groups is 1. The van der Waals surface area contributed by atoms with Crippen molar-refractivity contribution in [2.45, 2.75) is 25.6 Å². The number of nitrogens with zero attached hydrogens (tertiary/aromatic N) is 3.